The van der Waals surface area contributed by atoms with Crippen molar-refractivity contribution in [3.8, 4) is 78.7 Å². The molecule has 288 valence electrons. The second-order valence-electron chi connectivity index (χ2n) is 14.9. The molecule has 0 aliphatic carbocycles. The van der Waals surface area contributed by atoms with E-state index in [2.05, 4.69) is 223 Å². The van der Waals surface area contributed by atoms with Crippen molar-refractivity contribution < 1.29 is 0 Å². The number of rotatable bonds is 10. The van der Waals surface area contributed by atoms with E-state index in [9.17, 15) is 0 Å². The van der Waals surface area contributed by atoms with Crippen LogP contribution in [0.5, 0.6) is 0 Å². The van der Waals surface area contributed by atoms with Gasteiger partial charge in [0.1, 0.15) is 0 Å². The molecule has 10 rings (SSSR count). The fourth-order valence-corrected chi connectivity index (χ4v) is 7.89. The van der Waals surface area contributed by atoms with Gasteiger partial charge in [-0.05, 0) is 69.8 Å². The standard InChI is InChI=1S/C57H40N4/c1-7-19-41(20-8-1)43-31-33-48(34-32-43)56-58-55(47-27-15-5-16-28-47)59-57(60-56)49-39-52(45-23-11-3-12-24-45)54(53(40-49)46-25-13-4-14-26-46)61(50-29-17-6-18-30-50)51-37-35-44(36-38-51)42-21-9-2-10-22-42/h1-40H. The third-order valence-electron chi connectivity index (χ3n) is 10.9. The maximum Gasteiger partial charge on any atom is 0.164 e. The molecule has 4 nitrogen and oxygen atoms in total. The number of hydrogen-bond donors (Lipinski definition) is 0. The minimum atomic E-state index is 0.593. The molecule has 0 atom stereocenters. The van der Waals surface area contributed by atoms with Gasteiger partial charge in [0.25, 0.3) is 0 Å². The molecule has 0 saturated carbocycles. The molecule has 0 aliphatic heterocycles. The number of anilines is 3. The van der Waals surface area contributed by atoms with E-state index in [1.807, 2.05) is 24.3 Å². The number of aromatic nitrogens is 3. The predicted molar refractivity (Wildman–Crippen MR) is 253 cm³/mol. The molecule has 9 aromatic carbocycles. The molecule has 0 radical (unpaired) electrons. The van der Waals surface area contributed by atoms with E-state index >= 15 is 0 Å². The number of benzene rings is 9. The monoisotopic (exact) mass is 780 g/mol. The van der Waals surface area contributed by atoms with Gasteiger partial charge in [0.2, 0.25) is 0 Å². The van der Waals surface area contributed by atoms with E-state index in [0.717, 1.165) is 72.7 Å². The lowest BCUT2D eigenvalue weighted by atomic mass is 9.91. The minimum Gasteiger partial charge on any atom is -0.309 e. The number of para-hydroxylation sites is 1. The summed E-state index contributed by atoms with van der Waals surface area (Å²) in [4.78, 5) is 18.0. The third kappa shape index (κ3) is 7.86. The fourth-order valence-electron chi connectivity index (χ4n) is 7.89. The summed E-state index contributed by atoms with van der Waals surface area (Å²) >= 11 is 0. The van der Waals surface area contributed by atoms with Gasteiger partial charge < -0.3 is 4.90 Å². The van der Waals surface area contributed by atoms with Crippen LogP contribution in [0.15, 0.2) is 243 Å². The molecule has 0 N–H and O–H groups in total. The first-order valence-electron chi connectivity index (χ1n) is 20.5. The van der Waals surface area contributed by atoms with Gasteiger partial charge in [-0.1, -0.05) is 206 Å². The van der Waals surface area contributed by atoms with Gasteiger partial charge in [0, 0.05) is 39.2 Å². The molecule has 0 aliphatic rings. The van der Waals surface area contributed by atoms with Crippen LogP contribution in [-0.4, -0.2) is 15.0 Å². The molecule has 4 heteroatoms. The van der Waals surface area contributed by atoms with Crippen molar-refractivity contribution in [3.05, 3.63) is 243 Å². The Morgan fingerprint density at radius 3 is 0.934 bits per heavy atom. The quantitative estimate of drug-likeness (QED) is 0.139. The summed E-state index contributed by atoms with van der Waals surface area (Å²) in [6.07, 6.45) is 0. The lowest BCUT2D eigenvalue weighted by Gasteiger charge is -2.31. The van der Waals surface area contributed by atoms with E-state index in [4.69, 9.17) is 15.0 Å². The summed E-state index contributed by atoms with van der Waals surface area (Å²) in [6, 6.07) is 84.8. The lowest BCUT2D eigenvalue weighted by molar-refractivity contribution is 1.07. The summed E-state index contributed by atoms with van der Waals surface area (Å²) in [6.45, 7) is 0. The Bertz CT molecular complexity index is 2950. The van der Waals surface area contributed by atoms with Crippen molar-refractivity contribution in [2.45, 2.75) is 0 Å². The van der Waals surface area contributed by atoms with Crippen molar-refractivity contribution in [1.82, 2.24) is 15.0 Å². The first-order chi connectivity index (χ1) is 30.2. The highest BCUT2D eigenvalue weighted by Gasteiger charge is 2.25. The van der Waals surface area contributed by atoms with E-state index in [0.29, 0.717) is 17.5 Å². The zero-order valence-corrected chi connectivity index (χ0v) is 33.4. The minimum absolute atomic E-state index is 0.593. The van der Waals surface area contributed by atoms with Crippen LogP contribution < -0.4 is 4.90 Å². The van der Waals surface area contributed by atoms with Gasteiger partial charge in [-0.3, -0.25) is 0 Å². The first kappa shape index (κ1) is 37.1. The highest BCUT2D eigenvalue weighted by molar-refractivity contribution is 6.00. The van der Waals surface area contributed by atoms with Crippen LogP contribution in [0, 0.1) is 0 Å². The van der Waals surface area contributed by atoms with Gasteiger partial charge in [-0.15, -0.1) is 0 Å². The zero-order chi connectivity index (χ0) is 40.8. The van der Waals surface area contributed by atoms with Gasteiger partial charge in [-0.25, -0.2) is 15.0 Å². The van der Waals surface area contributed by atoms with Crippen molar-refractivity contribution in [3.63, 3.8) is 0 Å². The highest BCUT2D eigenvalue weighted by atomic mass is 15.1. The Hall–Kier alpha value is -8.21. The van der Waals surface area contributed by atoms with Crippen LogP contribution in [0.2, 0.25) is 0 Å². The van der Waals surface area contributed by atoms with Gasteiger partial charge in [-0.2, -0.15) is 0 Å². The van der Waals surface area contributed by atoms with Crippen molar-refractivity contribution in [2.75, 3.05) is 4.90 Å². The van der Waals surface area contributed by atoms with Crippen LogP contribution in [-0.2, 0) is 0 Å². The lowest BCUT2D eigenvalue weighted by Crippen LogP contribution is -2.13. The van der Waals surface area contributed by atoms with Gasteiger partial charge >= 0.3 is 0 Å². The third-order valence-corrected chi connectivity index (χ3v) is 10.9. The fraction of sp³-hybridized carbons (Fsp3) is 0. The number of nitrogens with zero attached hydrogens (tertiary/aromatic N) is 4. The van der Waals surface area contributed by atoms with E-state index in [1.165, 1.54) is 5.56 Å². The predicted octanol–water partition coefficient (Wildman–Crippen LogP) is 15.0. The molecule has 10 aromatic rings. The molecule has 1 heterocycles. The maximum atomic E-state index is 5.26. The Kier molecular flexibility index (Phi) is 10.3. The molecular weight excluding hydrogens is 741 g/mol. The number of hydrogen-bond acceptors (Lipinski definition) is 4. The molecule has 61 heavy (non-hydrogen) atoms. The van der Waals surface area contributed by atoms with Crippen molar-refractivity contribution in [2.24, 2.45) is 0 Å². The van der Waals surface area contributed by atoms with Crippen LogP contribution in [0.1, 0.15) is 0 Å². The molecular formula is C57H40N4. The Balaban J connectivity index is 1.21. The zero-order valence-electron chi connectivity index (χ0n) is 33.4. The SMILES string of the molecule is c1ccc(-c2ccc(-c3nc(-c4ccccc4)nc(-c4cc(-c5ccccc5)c(N(c5ccccc5)c5ccc(-c6ccccc6)cc5)c(-c5ccccc5)c4)n3)cc2)cc1. The van der Waals surface area contributed by atoms with Crippen LogP contribution in [0.4, 0.5) is 17.1 Å². The first-order valence-corrected chi connectivity index (χ1v) is 20.5. The average Bonchev–Trinajstić information content (AvgIpc) is 3.36. The highest BCUT2D eigenvalue weighted by Crippen LogP contribution is 2.48. The summed E-state index contributed by atoms with van der Waals surface area (Å²) < 4.78 is 0. The molecule has 0 amide bonds. The summed E-state index contributed by atoms with van der Waals surface area (Å²) in [5.74, 6) is 1.82. The Morgan fingerprint density at radius 1 is 0.230 bits per heavy atom. The Morgan fingerprint density at radius 2 is 0.508 bits per heavy atom. The van der Waals surface area contributed by atoms with E-state index in [-0.39, 0.29) is 0 Å². The van der Waals surface area contributed by atoms with Crippen LogP contribution >= 0.6 is 0 Å². The molecule has 0 spiro atoms. The molecule has 0 saturated heterocycles. The average molecular weight is 781 g/mol. The second kappa shape index (κ2) is 16.9. The Labute approximate surface area is 356 Å². The second-order valence-corrected chi connectivity index (χ2v) is 14.9. The van der Waals surface area contributed by atoms with Crippen molar-refractivity contribution in [1.29, 1.82) is 0 Å². The van der Waals surface area contributed by atoms with Crippen LogP contribution in [0.3, 0.4) is 0 Å². The van der Waals surface area contributed by atoms with Crippen molar-refractivity contribution >= 4 is 17.1 Å². The summed E-state index contributed by atoms with van der Waals surface area (Å²) in [7, 11) is 0. The largest absolute Gasteiger partial charge is 0.309 e. The topological polar surface area (TPSA) is 41.9 Å². The van der Waals surface area contributed by atoms with E-state index in [1.54, 1.807) is 0 Å². The molecule has 0 fully saturated rings. The maximum absolute atomic E-state index is 5.26. The molecule has 1 aromatic heterocycles. The molecule has 0 unspecified atom stereocenters. The van der Waals surface area contributed by atoms with Gasteiger partial charge in [0.15, 0.2) is 17.5 Å². The van der Waals surface area contributed by atoms with Gasteiger partial charge in [0.05, 0.1) is 5.69 Å². The van der Waals surface area contributed by atoms with E-state index < -0.39 is 0 Å². The summed E-state index contributed by atoms with van der Waals surface area (Å²) in [5.41, 5.74) is 14.7. The smallest absolute Gasteiger partial charge is 0.164 e. The summed E-state index contributed by atoms with van der Waals surface area (Å²) in [5, 5.41) is 0. The molecule has 0 bridgehead atoms. The van der Waals surface area contributed by atoms with Crippen LogP contribution in [0.25, 0.3) is 78.7 Å². The normalized spacial score (nSPS) is 11.0.